The molecule has 0 saturated heterocycles. The zero-order valence-electron chi connectivity index (χ0n) is 22.4. The van der Waals surface area contributed by atoms with E-state index >= 15 is 0 Å². The highest BCUT2D eigenvalue weighted by Gasteiger charge is 2.36. The number of ether oxygens (including phenoxy) is 1. The molecule has 2 rings (SSSR count). The molecular formula is C28H39N3O4. The lowest BCUT2D eigenvalue weighted by molar-refractivity contribution is -0.140. The number of nitrogens with one attached hydrogen (secondary N) is 2. The minimum atomic E-state index is -0.899. The monoisotopic (exact) mass is 481 g/mol. The highest BCUT2D eigenvalue weighted by atomic mass is 16.6. The van der Waals surface area contributed by atoms with Crippen LogP contribution >= 0.6 is 0 Å². The fourth-order valence-corrected chi connectivity index (χ4v) is 3.79. The molecule has 35 heavy (non-hydrogen) atoms. The standard InChI is InChI=1S/C28H39N3O4/c1-17(2)23(30-27(34)35-28(6,7)8)26(33)31(9)24(21-16-18(3)14-15-19(21)4)25(32)29-22-13-11-10-12-20(22)5/h10-17,23-24H,1-9H3,(H,29,32)(H,30,34). The number of para-hydroxylation sites is 1. The Kier molecular flexibility index (Phi) is 9.07. The zero-order valence-corrected chi connectivity index (χ0v) is 22.4. The summed E-state index contributed by atoms with van der Waals surface area (Å²) in [5.74, 6) is -0.934. The molecule has 0 aliphatic carbocycles. The molecule has 2 unspecified atom stereocenters. The molecule has 0 aliphatic heterocycles. The zero-order chi connectivity index (χ0) is 26.5. The van der Waals surface area contributed by atoms with Crippen molar-refractivity contribution >= 4 is 23.6 Å². The van der Waals surface area contributed by atoms with Crippen molar-refractivity contribution < 1.29 is 19.1 Å². The predicted molar refractivity (Wildman–Crippen MR) is 139 cm³/mol. The Morgan fingerprint density at radius 2 is 1.57 bits per heavy atom. The first-order chi connectivity index (χ1) is 16.2. The smallest absolute Gasteiger partial charge is 0.408 e. The molecular weight excluding hydrogens is 442 g/mol. The second kappa shape index (κ2) is 11.4. The van der Waals surface area contributed by atoms with Gasteiger partial charge >= 0.3 is 6.09 Å². The van der Waals surface area contributed by atoms with Crippen LogP contribution in [-0.2, 0) is 14.3 Å². The third-order valence-corrected chi connectivity index (χ3v) is 5.72. The van der Waals surface area contributed by atoms with Gasteiger partial charge in [-0.1, -0.05) is 55.8 Å². The lowest BCUT2D eigenvalue weighted by atomic mass is 9.95. The number of benzene rings is 2. The van der Waals surface area contributed by atoms with Crippen LogP contribution in [0, 0.1) is 26.7 Å². The van der Waals surface area contributed by atoms with Gasteiger partial charge in [0.2, 0.25) is 5.91 Å². The number of alkyl carbamates (subject to hydrolysis) is 1. The average molecular weight is 482 g/mol. The van der Waals surface area contributed by atoms with E-state index in [9.17, 15) is 14.4 Å². The summed E-state index contributed by atoms with van der Waals surface area (Å²) in [7, 11) is 1.60. The number of rotatable bonds is 7. The topological polar surface area (TPSA) is 87.7 Å². The number of carbonyl (C=O) groups is 3. The molecule has 2 N–H and O–H groups in total. The third kappa shape index (κ3) is 7.57. The molecule has 3 amide bonds. The van der Waals surface area contributed by atoms with Crippen LogP contribution in [0.15, 0.2) is 42.5 Å². The molecule has 0 aliphatic rings. The van der Waals surface area contributed by atoms with E-state index in [-0.39, 0.29) is 17.7 Å². The van der Waals surface area contributed by atoms with Crippen molar-refractivity contribution in [3.63, 3.8) is 0 Å². The molecule has 190 valence electrons. The normalized spacial score (nSPS) is 13.1. The van der Waals surface area contributed by atoms with Gasteiger partial charge in [-0.15, -0.1) is 0 Å². The number of hydrogen-bond acceptors (Lipinski definition) is 4. The van der Waals surface area contributed by atoms with Gasteiger partial charge in [-0.25, -0.2) is 4.79 Å². The van der Waals surface area contributed by atoms with Crippen molar-refractivity contribution in [3.05, 3.63) is 64.7 Å². The second-order valence-electron chi connectivity index (χ2n) is 10.4. The molecule has 0 fully saturated rings. The Hall–Kier alpha value is -3.35. The van der Waals surface area contributed by atoms with Crippen LogP contribution in [0.1, 0.15) is 62.9 Å². The van der Waals surface area contributed by atoms with Crippen LogP contribution in [0.3, 0.4) is 0 Å². The molecule has 0 radical (unpaired) electrons. The summed E-state index contributed by atoms with van der Waals surface area (Å²) in [6, 6.07) is 11.6. The summed E-state index contributed by atoms with van der Waals surface area (Å²) in [4.78, 5) is 41.2. The first-order valence-electron chi connectivity index (χ1n) is 11.9. The van der Waals surface area contributed by atoms with Gasteiger partial charge in [-0.3, -0.25) is 9.59 Å². The van der Waals surface area contributed by atoms with Gasteiger partial charge in [0.05, 0.1) is 0 Å². The number of anilines is 1. The van der Waals surface area contributed by atoms with E-state index in [1.165, 1.54) is 4.90 Å². The molecule has 7 nitrogen and oxygen atoms in total. The van der Waals surface area contributed by atoms with Gasteiger partial charge in [-0.05, 0) is 70.2 Å². The Bertz CT molecular complexity index is 1070. The molecule has 0 heterocycles. The van der Waals surface area contributed by atoms with Gasteiger partial charge in [0.15, 0.2) is 0 Å². The van der Waals surface area contributed by atoms with Gasteiger partial charge in [0.1, 0.15) is 17.7 Å². The van der Waals surface area contributed by atoms with E-state index in [1.807, 2.05) is 77.1 Å². The van der Waals surface area contributed by atoms with Crippen molar-refractivity contribution in [1.29, 1.82) is 0 Å². The van der Waals surface area contributed by atoms with E-state index in [1.54, 1.807) is 27.8 Å². The summed E-state index contributed by atoms with van der Waals surface area (Å²) in [5, 5.41) is 5.69. The first kappa shape index (κ1) is 27.9. The summed E-state index contributed by atoms with van der Waals surface area (Å²) < 4.78 is 5.37. The molecule has 2 aromatic rings. The molecule has 2 aromatic carbocycles. The van der Waals surface area contributed by atoms with Gasteiger partial charge in [0, 0.05) is 12.7 Å². The number of amides is 3. The van der Waals surface area contributed by atoms with Crippen molar-refractivity contribution in [3.8, 4) is 0 Å². The largest absolute Gasteiger partial charge is 0.444 e. The van der Waals surface area contributed by atoms with Crippen LogP contribution in [0.4, 0.5) is 10.5 Å². The Labute approximate surface area is 209 Å². The van der Waals surface area contributed by atoms with Gasteiger partial charge in [-0.2, -0.15) is 0 Å². The molecule has 0 spiro atoms. The summed E-state index contributed by atoms with van der Waals surface area (Å²) in [6.07, 6.45) is -0.675. The van der Waals surface area contributed by atoms with E-state index < -0.39 is 23.8 Å². The van der Waals surface area contributed by atoms with E-state index in [2.05, 4.69) is 10.6 Å². The van der Waals surface area contributed by atoms with Crippen LogP contribution in [0.5, 0.6) is 0 Å². The Morgan fingerprint density at radius 3 is 2.14 bits per heavy atom. The van der Waals surface area contributed by atoms with Crippen LogP contribution < -0.4 is 10.6 Å². The van der Waals surface area contributed by atoms with Crippen LogP contribution in [0.2, 0.25) is 0 Å². The molecule has 2 atom stereocenters. The lowest BCUT2D eigenvalue weighted by Crippen LogP contribution is -2.53. The number of hydrogen-bond donors (Lipinski definition) is 2. The van der Waals surface area contributed by atoms with Gasteiger partial charge < -0.3 is 20.3 Å². The maximum atomic E-state index is 13.7. The summed E-state index contributed by atoms with van der Waals surface area (Å²) in [5.41, 5.74) is 3.50. The highest BCUT2D eigenvalue weighted by Crippen LogP contribution is 2.28. The maximum absolute atomic E-state index is 13.7. The van der Waals surface area contributed by atoms with Crippen molar-refractivity contribution in [2.24, 2.45) is 5.92 Å². The number of likely N-dealkylation sites (N-methyl/N-ethyl adjacent to an activating group) is 1. The number of nitrogens with zero attached hydrogens (tertiary/aromatic N) is 1. The highest BCUT2D eigenvalue weighted by molar-refractivity contribution is 5.99. The maximum Gasteiger partial charge on any atom is 0.408 e. The van der Waals surface area contributed by atoms with E-state index in [4.69, 9.17) is 4.74 Å². The Balaban J connectivity index is 2.44. The van der Waals surface area contributed by atoms with Crippen LogP contribution in [0.25, 0.3) is 0 Å². The fourth-order valence-electron chi connectivity index (χ4n) is 3.79. The molecule has 7 heteroatoms. The van der Waals surface area contributed by atoms with Crippen molar-refractivity contribution in [2.45, 2.75) is 73.1 Å². The van der Waals surface area contributed by atoms with Gasteiger partial charge in [0.25, 0.3) is 5.91 Å². The summed E-state index contributed by atoms with van der Waals surface area (Å²) in [6.45, 7) is 14.7. The summed E-state index contributed by atoms with van der Waals surface area (Å²) >= 11 is 0. The molecule has 0 saturated carbocycles. The van der Waals surface area contributed by atoms with Crippen LogP contribution in [-0.4, -0.2) is 41.5 Å². The second-order valence-corrected chi connectivity index (χ2v) is 10.4. The number of aryl methyl sites for hydroxylation is 3. The quantitative estimate of drug-likeness (QED) is 0.562. The minimum absolute atomic E-state index is 0.226. The Morgan fingerprint density at radius 1 is 0.943 bits per heavy atom. The first-order valence-corrected chi connectivity index (χ1v) is 11.9. The molecule has 0 bridgehead atoms. The minimum Gasteiger partial charge on any atom is -0.444 e. The average Bonchev–Trinajstić information content (AvgIpc) is 2.74. The SMILES string of the molecule is Cc1ccc(C)c(C(C(=O)Nc2ccccc2C)N(C)C(=O)C(NC(=O)OC(C)(C)C)C(C)C)c1. The van der Waals surface area contributed by atoms with E-state index in [0.717, 1.165) is 22.3 Å². The van der Waals surface area contributed by atoms with E-state index in [0.29, 0.717) is 5.69 Å². The lowest BCUT2D eigenvalue weighted by Gasteiger charge is -2.33. The third-order valence-electron chi connectivity index (χ3n) is 5.72. The van der Waals surface area contributed by atoms with Crippen molar-refractivity contribution in [1.82, 2.24) is 10.2 Å². The van der Waals surface area contributed by atoms with Crippen molar-refractivity contribution in [2.75, 3.05) is 12.4 Å². The number of carbonyl (C=O) groups excluding carboxylic acids is 3. The fraction of sp³-hybridized carbons (Fsp3) is 0.464. The molecule has 0 aromatic heterocycles. The predicted octanol–water partition coefficient (Wildman–Crippen LogP) is 5.30.